The summed E-state index contributed by atoms with van der Waals surface area (Å²) < 4.78 is 1.21. The first-order valence-corrected chi connectivity index (χ1v) is 7.27. The first kappa shape index (κ1) is 14.3. The zero-order valence-electron chi connectivity index (χ0n) is 13.0. The molecule has 2 aromatic heterocycles. The van der Waals surface area contributed by atoms with E-state index in [-0.39, 0.29) is 5.41 Å². The molecule has 0 spiro atoms. The number of pyridine rings is 1. The Kier molecular flexibility index (Phi) is 3.45. The second-order valence-corrected chi connectivity index (χ2v) is 6.30. The lowest BCUT2D eigenvalue weighted by atomic mass is 9.96. The van der Waals surface area contributed by atoms with Crippen molar-refractivity contribution in [3.63, 3.8) is 0 Å². The minimum atomic E-state index is -0.260. The third-order valence-corrected chi connectivity index (χ3v) is 3.53. The van der Waals surface area contributed by atoms with Crippen LogP contribution in [0.1, 0.15) is 26.6 Å². The van der Waals surface area contributed by atoms with Gasteiger partial charge in [0.15, 0.2) is 5.82 Å². The van der Waals surface area contributed by atoms with Crippen LogP contribution < -0.4 is 0 Å². The van der Waals surface area contributed by atoms with Gasteiger partial charge in [0, 0.05) is 28.9 Å². The van der Waals surface area contributed by atoms with Crippen molar-refractivity contribution in [2.75, 3.05) is 0 Å². The Bertz CT molecular complexity index is 771. The lowest BCUT2D eigenvalue weighted by Crippen LogP contribution is -2.18. The molecule has 0 amide bonds. The van der Waals surface area contributed by atoms with Gasteiger partial charge >= 0.3 is 0 Å². The summed E-state index contributed by atoms with van der Waals surface area (Å²) in [5, 5.41) is 10.7. The van der Waals surface area contributed by atoms with Crippen LogP contribution in [0.4, 0.5) is 0 Å². The standard InChI is InChI=1S/C18H19N3O/c1-18(2,3)17-20-15(13-7-5-4-6-8-13)16(21(17)22)14-9-11-19-12-10-14/h4-12,22H,1-3H3. The Hall–Kier alpha value is -2.62. The Labute approximate surface area is 130 Å². The lowest BCUT2D eigenvalue weighted by Gasteiger charge is -2.16. The molecule has 0 aliphatic carbocycles. The molecule has 0 aliphatic heterocycles. The minimum Gasteiger partial charge on any atom is -0.427 e. The van der Waals surface area contributed by atoms with E-state index in [4.69, 9.17) is 4.98 Å². The molecule has 0 atom stereocenters. The molecule has 3 rings (SSSR count). The van der Waals surface area contributed by atoms with Crippen molar-refractivity contribution in [3.8, 4) is 22.5 Å². The highest BCUT2D eigenvalue weighted by molar-refractivity contribution is 5.78. The Morgan fingerprint density at radius 3 is 2.14 bits per heavy atom. The zero-order chi connectivity index (χ0) is 15.7. The average Bonchev–Trinajstić information content (AvgIpc) is 2.86. The van der Waals surface area contributed by atoms with E-state index in [1.54, 1.807) is 12.4 Å². The highest BCUT2D eigenvalue weighted by atomic mass is 16.5. The maximum absolute atomic E-state index is 10.7. The number of rotatable bonds is 2. The van der Waals surface area contributed by atoms with Gasteiger partial charge in [-0.3, -0.25) is 4.98 Å². The summed E-state index contributed by atoms with van der Waals surface area (Å²) in [7, 11) is 0. The van der Waals surface area contributed by atoms with Crippen LogP contribution in [0.25, 0.3) is 22.5 Å². The van der Waals surface area contributed by atoms with Crippen molar-refractivity contribution < 1.29 is 5.21 Å². The smallest absolute Gasteiger partial charge is 0.151 e. The number of nitrogens with zero attached hydrogens (tertiary/aromatic N) is 3. The molecule has 1 aromatic carbocycles. The van der Waals surface area contributed by atoms with Crippen LogP contribution in [-0.2, 0) is 5.41 Å². The van der Waals surface area contributed by atoms with Crippen molar-refractivity contribution in [3.05, 3.63) is 60.7 Å². The summed E-state index contributed by atoms with van der Waals surface area (Å²) in [6.45, 7) is 6.10. The fraction of sp³-hybridized carbons (Fsp3) is 0.222. The van der Waals surface area contributed by atoms with Gasteiger partial charge < -0.3 is 5.21 Å². The van der Waals surface area contributed by atoms with Gasteiger partial charge in [0.1, 0.15) is 11.4 Å². The highest BCUT2D eigenvalue weighted by Crippen LogP contribution is 2.35. The summed E-state index contributed by atoms with van der Waals surface area (Å²) in [5.74, 6) is 0.637. The summed E-state index contributed by atoms with van der Waals surface area (Å²) in [6.07, 6.45) is 3.43. The van der Waals surface area contributed by atoms with E-state index in [1.165, 1.54) is 4.73 Å². The molecule has 0 saturated heterocycles. The van der Waals surface area contributed by atoms with Crippen LogP contribution in [0.15, 0.2) is 54.9 Å². The number of hydrogen-bond donors (Lipinski definition) is 1. The maximum atomic E-state index is 10.7. The molecular formula is C18H19N3O. The van der Waals surface area contributed by atoms with E-state index in [0.29, 0.717) is 11.5 Å². The van der Waals surface area contributed by atoms with Crippen LogP contribution in [0.5, 0.6) is 0 Å². The molecule has 112 valence electrons. The molecule has 4 nitrogen and oxygen atoms in total. The Morgan fingerprint density at radius 1 is 0.909 bits per heavy atom. The van der Waals surface area contributed by atoms with E-state index in [2.05, 4.69) is 4.98 Å². The Morgan fingerprint density at radius 2 is 1.55 bits per heavy atom. The summed E-state index contributed by atoms with van der Waals surface area (Å²) in [4.78, 5) is 8.77. The fourth-order valence-corrected chi connectivity index (χ4v) is 2.46. The molecule has 0 unspecified atom stereocenters. The first-order chi connectivity index (χ1) is 10.5. The van der Waals surface area contributed by atoms with Gasteiger partial charge in [-0.2, -0.15) is 4.73 Å². The number of benzene rings is 1. The SMILES string of the molecule is CC(C)(C)c1nc(-c2ccccc2)c(-c2ccncc2)n1O. The number of imidazole rings is 1. The topological polar surface area (TPSA) is 50.9 Å². The van der Waals surface area contributed by atoms with E-state index in [0.717, 1.165) is 16.8 Å². The number of hydrogen-bond acceptors (Lipinski definition) is 3. The van der Waals surface area contributed by atoms with Crippen molar-refractivity contribution >= 4 is 0 Å². The van der Waals surface area contributed by atoms with Crippen molar-refractivity contribution in [2.24, 2.45) is 0 Å². The second kappa shape index (κ2) is 5.30. The molecule has 3 aromatic rings. The van der Waals surface area contributed by atoms with Crippen LogP contribution in [-0.4, -0.2) is 19.9 Å². The quantitative estimate of drug-likeness (QED) is 0.722. The van der Waals surface area contributed by atoms with Gasteiger partial charge in [-0.15, -0.1) is 0 Å². The third kappa shape index (κ3) is 2.48. The summed E-state index contributed by atoms with van der Waals surface area (Å²) >= 11 is 0. The largest absolute Gasteiger partial charge is 0.427 e. The zero-order valence-corrected chi connectivity index (χ0v) is 13.0. The minimum absolute atomic E-state index is 0.260. The maximum Gasteiger partial charge on any atom is 0.151 e. The molecule has 0 aliphatic rings. The van der Waals surface area contributed by atoms with Gasteiger partial charge in [0.25, 0.3) is 0 Å². The molecule has 0 fully saturated rings. The molecule has 4 heteroatoms. The van der Waals surface area contributed by atoms with Crippen LogP contribution in [0.3, 0.4) is 0 Å². The van der Waals surface area contributed by atoms with Gasteiger partial charge in [-0.25, -0.2) is 4.98 Å². The molecule has 1 N–H and O–H groups in total. The van der Waals surface area contributed by atoms with Crippen molar-refractivity contribution in [2.45, 2.75) is 26.2 Å². The molecule has 22 heavy (non-hydrogen) atoms. The van der Waals surface area contributed by atoms with Gasteiger partial charge in [-0.05, 0) is 12.1 Å². The van der Waals surface area contributed by atoms with Gasteiger partial charge in [0.2, 0.25) is 0 Å². The summed E-state index contributed by atoms with van der Waals surface area (Å²) in [5.41, 5.74) is 3.08. The lowest BCUT2D eigenvalue weighted by molar-refractivity contribution is 0.168. The van der Waals surface area contributed by atoms with Crippen molar-refractivity contribution in [1.82, 2.24) is 14.7 Å². The predicted octanol–water partition coefficient (Wildman–Crippen LogP) is 4.15. The van der Waals surface area contributed by atoms with Crippen molar-refractivity contribution in [1.29, 1.82) is 0 Å². The second-order valence-electron chi connectivity index (χ2n) is 6.30. The molecule has 0 radical (unpaired) electrons. The Balaban J connectivity index is 2.29. The van der Waals surface area contributed by atoms with E-state index >= 15 is 0 Å². The molecule has 2 heterocycles. The number of aromatic nitrogens is 3. The predicted molar refractivity (Wildman–Crippen MR) is 86.8 cm³/mol. The summed E-state index contributed by atoms with van der Waals surface area (Å²) in [6, 6.07) is 13.7. The van der Waals surface area contributed by atoms with E-state index in [1.807, 2.05) is 63.2 Å². The van der Waals surface area contributed by atoms with Crippen LogP contribution in [0.2, 0.25) is 0 Å². The molecule has 0 saturated carbocycles. The van der Waals surface area contributed by atoms with E-state index < -0.39 is 0 Å². The molecular weight excluding hydrogens is 274 g/mol. The normalized spacial score (nSPS) is 11.6. The first-order valence-electron chi connectivity index (χ1n) is 7.27. The fourth-order valence-electron chi connectivity index (χ4n) is 2.46. The van der Waals surface area contributed by atoms with Crippen LogP contribution in [0, 0.1) is 0 Å². The van der Waals surface area contributed by atoms with Gasteiger partial charge in [0.05, 0.1) is 0 Å². The monoisotopic (exact) mass is 293 g/mol. The average molecular weight is 293 g/mol. The van der Waals surface area contributed by atoms with Crippen LogP contribution >= 0.6 is 0 Å². The third-order valence-electron chi connectivity index (χ3n) is 3.53. The molecule has 0 bridgehead atoms. The highest BCUT2D eigenvalue weighted by Gasteiger charge is 2.27. The van der Waals surface area contributed by atoms with Gasteiger partial charge in [-0.1, -0.05) is 51.1 Å². The van der Waals surface area contributed by atoms with E-state index in [9.17, 15) is 5.21 Å².